The van der Waals surface area contributed by atoms with Gasteiger partial charge in [-0.3, -0.25) is 9.69 Å². The lowest BCUT2D eigenvalue weighted by atomic mass is 9.95. The number of likely N-dealkylation sites (N-methyl/N-ethyl adjacent to an activating group) is 1. The van der Waals surface area contributed by atoms with E-state index < -0.39 is 0 Å². The number of carbonyl (C=O) groups is 1. The Balaban J connectivity index is 2.21. The Bertz CT molecular complexity index is 377. The molecule has 0 saturated carbocycles. The van der Waals surface area contributed by atoms with Crippen LogP contribution in [0.4, 0.5) is 0 Å². The predicted octanol–water partition coefficient (Wildman–Crippen LogP) is 2.86. The van der Waals surface area contributed by atoms with E-state index in [0.717, 1.165) is 18.5 Å². The number of rotatable bonds is 2. The molecular formula is C13H16ClNO. The molecule has 1 heterocycles. The summed E-state index contributed by atoms with van der Waals surface area (Å²) >= 11 is 5.81. The third kappa shape index (κ3) is 2.13. The van der Waals surface area contributed by atoms with Crippen LogP contribution in [0.1, 0.15) is 23.7 Å². The van der Waals surface area contributed by atoms with Crippen molar-refractivity contribution in [2.45, 2.75) is 19.4 Å². The normalized spacial score (nSPS) is 25.9. The first-order chi connectivity index (χ1) is 7.59. The lowest BCUT2D eigenvalue weighted by Crippen LogP contribution is -2.36. The Hall–Kier alpha value is -0.860. The molecule has 1 fully saturated rings. The Labute approximate surface area is 101 Å². The molecule has 86 valence electrons. The first-order valence-corrected chi connectivity index (χ1v) is 5.97. The molecule has 16 heavy (non-hydrogen) atoms. The van der Waals surface area contributed by atoms with E-state index in [-0.39, 0.29) is 11.8 Å². The van der Waals surface area contributed by atoms with Gasteiger partial charge in [0.2, 0.25) is 0 Å². The molecule has 1 aliphatic rings. The average molecular weight is 238 g/mol. The molecule has 1 aromatic carbocycles. The highest BCUT2D eigenvalue weighted by Gasteiger charge is 2.34. The minimum Gasteiger partial charge on any atom is -0.296 e. The molecule has 0 bridgehead atoms. The summed E-state index contributed by atoms with van der Waals surface area (Å²) in [5, 5.41) is 0.671. The largest absolute Gasteiger partial charge is 0.296 e. The van der Waals surface area contributed by atoms with Crippen LogP contribution in [-0.2, 0) is 0 Å². The van der Waals surface area contributed by atoms with Gasteiger partial charge in [-0.1, -0.05) is 18.5 Å². The molecule has 1 aromatic rings. The van der Waals surface area contributed by atoms with Gasteiger partial charge in [0.15, 0.2) is 5.78 Å². The smallest absolute Gasteiger partial charge is 0.180 e. The van der Waals surface area contributed by atoms with E-state index in [0.29, 0.717) is 10.9 Å². The second kappa shape index (κ2) is 4.56. The van der Waals surface area contributed by atoms with Crippen molar-refractivity contribution in [3.8, 4) is 0 Å². The fourth-order valence-corrected chi connectivity index (χ4v) is 2.51. The molecule has 2 nitrogen and oxygen atoms in total. The minimum atomic E-state index is 0.0289. The summed E-state index contributed by atoms with van der Waals surface area (Å²) in [6, 6.07) is 7.19. The molecule has 2 unspecified atom stereocenters. The van der Waals surface area contributed by atoms with Gasteiger partial charge in [0.25, 0.3) is 0 Å². The van der Waals surface area contributed by atoms with Crippen molar-refractivity contribution < 1.29 is 4.79 Å². The quantitative estimate of drug-likeness (QED) is 0.738. The first-order valence-electron chi connectivity index (χ1n) is 5.59. The molecule has 2 atom stereocenters. The third-order valence-electron chi connectivity index (χ3n) is 3.35. The lowest BCUT2D eigenvalue weighted by Gasteiger charge is -2.21. The van der Waals surface area contributed by atoms with Gasteiger partial charge in [0.05, 0.1) is 6.04 Å². The summed E-state index contributed by atoms with van der Waals surface area (Å²) in [7, 11) is 2.02. The van der Waals surface area contributed by atoms with Crippen molar-refractivity contribution in [1.29, 1.82) is 0 Å². The predicted molar refractivity (Wildman–Crippen MR) is 66.0 cm³/mol. The maximum atomic E-state index is 12.3. The summed E-state index contributed by atoms with van der Waals surface area (Å²) in [5.41, 5.74) is 0.759. The van der Waals surface area contributed by atoms with Gasteiger partial charge in [-0.15, -0.1) is 0 Å². The molecule has 0 aromatic heterocycles. The number of halogens is 1. The summed E-state index contributed by atoms with van der Waals surface area (Å²) < 4.78 is 0. The number of likely N-dealkylation sites (tertiary alicyclic amines) is 1. The zero-order chi connectivity index (χ0) is 11.7. The summed E-state index contributed by atoms with van der Waals surface area (Å²) in [5.74, 6) is 0.650. The van der Waals surface area contributed by atoms with Crippen LogP contribution in [0.25, 0.3) is 0 Å². The summed E-state index contributed by atoms with van der Waals surface area (Å²) in [6.07, 6.45) is 1.10. The third-order valence-corrected chi connectivity index (χ3v) is 3.60. The molecule has 3 heteroatoms. The average Bonchev–Trinajstić information content (AvgIpc) is 2.59. The summed E-state index contributed by atoms with van der Waals surface area (Å²) in [6.45, 7) is 3.15. The van der Waals surface area contributed by atoms with Gasteiger partial charge >= 0.3 is 0 Å². The van der Waals surface area contributed by atoms with Crippen molar-refractivity contribution in [3.63, 3.8) is 0 Å². The monoisotopic (exact) mass is 237 g/mol. The molecule has 0 radical (unpaired) electrons. The van der Waals surface area contributed by atoms with Crippen LogP contribution in [0.2, 0.25) is 5.02 Å². The molecule has 0 spiro atoms. The van der Waals surface area contributed by atoms with Crippen molar-refractivity contribution in [1.82, 2.24) is 4.90 Å². The highest BCUT2D eigenvalue weighted by Crippen LogP contribution is 2.25. The second-order valence-electron chi connectivity index (χ2n) is 4.56. The van der Waals surface area contributed by atoms with Gasteiger partial charge in [-0.2, -0.15) is 0 Å². The number of Topliss-reactive ketones (excluding diaryl/α,β-unsaturated/α-hetero) is 1. The lowest BCUT2D eigenvalue weighted by molar-refractivity contribution is 0.0863. The topological polar surface area (TPSA) is 20.3 Å². The SMILES string of the molecule is CC1CCN(C)C1C(=O)c1ccc(Cl)cc1. The van der Waals surface area contributed by atoms with Gasteiger partial charge in [-0.25, -0.2) is 0 Å². The molecule has 2 rings (SSSR count). The molecule has 0 aliphatic carbocycles. The molecule has 0 amide bonds. The Kier molecular flexibility index (Phi) is 3.31. The van der Waals surface area contributed by atoms with Crippen LogP contribution in [0.5, 0.6) is 0 Å². The second-order valence-corrected chi connectivity index (χ2v) is 5.00. The van der Waals surface area contributed by atoms with E-state index in [1.165, 1.54) is 0 Å². The van der Waals surface area contributed by atoms with Gasteiger partial charge < -0.3 is 0 Å². The zero-order valence-corrected chi connectivity index (χ0v) is 10.4. The molecular weight excluding hydrogens is 222 g/mol. The minimum absolute atomic E-state index is 0.0289. The Morgan fingerprint density at radius 2 is 2.00 bits per heavy atom. The van der Waals surface area contributed by atoms with Gasteiger partial charge in [-0.05, 0) is 50.2 Å². The fourth-order valence-electron chi connectivity index (χ4n) is 2.38. The summed E-state index contributed by atoms with van der Waals surface area (Å²) in [4.78, 5) is 14.4. The van der Waals surface area contributed by atoms with Gasteiger partial charge in [0, 0.05) is 10.6 Å². The Morgan fingerprint density at radius 1 is 1.38 bits per heavy atom. The van der Waals surface area contributed by atoms with E-state index in [4.69, 9.17) is 11.6 Å². The number of hydrogen-bond acceptors (Lipinski definition) is 2. The van der Waals surface area contributed by atoms with Crippen LogP contribution in [0, 0.1) is 5.92 Å². The molecule has 1 aliphatic heterocycles. The van der Waals surface area contributed by atoms with Gasteiger partial charge in [0.1, 0.15) is 0 Å². The maximum Gasteiger partial charge on any atom is 0.180 e. The fraction of sp³-hybridized carbons (Fsp3) is 0.462. The van der Waals surface area contributed by atoms with Crippen molar-refractivity contribution in [2.75, 3.05) is 13.6 Å². The van der Waals surface area contributed by atoms with E-state index in [1.54, 1.807) is 12.1 Å². The number of benzene rings is 1. The van der Waals surface area contributed by atoms with Crippen LogP contribution in [0.3, 0.4) is 0 Å². The van der Waals surface area contributed by atoms with E-state index >= 15 is 0 Å². The first kappa shape index (κ1) is 11.6. The van der Waals surface area contributed by atoms with Crippen molar-refractivity contribution >= 4 is 17.4 Å². The zero-order valence-electron chi connectivity index (χ0n) is 9.61. The van der Waals surface area contributed by atoms with E-state index in [2.05, 4.69) is 11.8 Å². The number of nitrogens with zero attached hydrogens (tertiary/aromatic N) is 1. The van der Waals surface area contributed by atoms with E-state index in [9.17, 15) is 4.79 Å². The van der Waals surface area contributed by atoms with Crippen LogP contribution < -0.4 is 0 Å². The number of hydrogen-bond donors (Lipinski definition) is 0. The maximum absolute atomic E-state index is 12.3. The standard InChI is InChI=1S/C13H16ClNO/c1-9-7-8-15(2)12(9)13(16)10-3-5-11(14)6-4-10/h3-6,9,12H,7-8H2,1-2H3. The van der Waals surface area contributed by atoms with Crippen molar-refractivity contribution in [2.24, 2.45) is 5.92 Å². The highest BCUT2D eigenvalue weighted by atomic mass is 35.5. The van der Waals surface area contributed by atoms with Crippen LogP contribution in [-0.4, -0.2) is 30.3 Å². The van der Waals surface area contributed by atoms with Crippen LogP contribution in [0.15, 0.2) is 24.3 Å². The van der Waals surface area contributed by atoms with E-state index in [1.807, 2.05) is 19.2 Å². The van der Waals surface area contributed by atoms with Crippen molar-refractivity contribution in [3.05, 3.63) is 34.9 Å². The highest BCUT2D eigenvalue weighted by molar-refractivity contribution is 6.30. The molecule has 1 saturated heterocycles. The number of ketones is 1. The Morgan fingerprint density at radius 3 is 2.50 bits per heavy atom. The van der Waals surface area contributed by atoms with Crippen LogP contribution >= 0.6 is 11.6 Å². The number of carbonyl (C=O) groups excluding carboxylic acids is 1. The molecule has 0 N–H and O–H groups in total.